The topological polar surface area (TPSA) is 29.1 Å². The monoisotopic (exact) mass is 253 g/mol. The lowest BCUT2D eigenvalue weighted by Crippen LogP contribution is -2.23. The maximum atomic E-state index is 10.4. The van der Waals surface area contributed by atoms with Gasteiger partial charge in [-0.25, -0.2) is 0 Å². The second-order valence-electron chi connectivity index (χ2n) is 3.57. The van der Waals surface area contributed by atoms with Gasteiger partial charge >= 0.3 is 0 Å². The molecule has 0 aromatic heterocycles. The Labute approximate surface area is 91.8 Å². The summed E-state index contributed by atoms with van der Waals surface area (Å²) in [5, 5.41) is 2.86. The van der Waals surface area contributed by atoms with E-state index in [1.54, 1.807) is 0 Å². The molecule has 0 spiro atoms. The van der Waals surface area contributed by atoms with Crippen LogP contribution in [0.4, 0.5) is 0 Å². The van der Waals surface area contributed by atoms with Crippen molar-refractivity contribution >= 4 is 22.3 Å². The molecular weight excluding hydrogens is 242 g/mol. The molecule has 1 N–H and O–H groups in total. The van der Waals surface area contributed by atoms with Crippen molar-refractivity contribution in [3.05, 3.63) is 33.8 Å². The van der Waals surface area contributed by atoms with E-state index in [9.17, 15) is 4.79 Å². The molecule has 0 radical (unpaired) electrons. The van der Waals surface area contributed by atoms with Gasteiger partial charge in [-0.3, -0.25) is 4.79 Å². The molecule has 3 heteroatoms. The van der Waals surface area contributed by atoms with Gasteiger partial charge in [0.15, 0.2) is 0 Å². The number of carbonyl (C=O) groups is 1. The highest BCUT2D eigenvalue weighted by molar-refractivity contribution is 9.10. The molecule has 2 nitrogen and oxygen atoms in total. The highest BCUT2D eigenvalue weighted by Gasteiger charge is 2.19. The zero-order valence-electron chi connectivity index (χ0n) is 7.79. The normalized spacial score (nSPS) is 19.9. The highest BCUT2D eigenvalue weighted by Crippen LogP contribution is 2.31. The molecule has 1 unspecified atom stereocenters. The minimum absolute atomic E-state index is 0.212. The number of nitrogens with one attached hydrogen (secondary N) is 1. The number of rotatable bonds is 2. The average molecular weight is 254 g/mol. The van der Waals surface area contributed by atoms with Crippen LogP contribution in [-0.2, 0) is 11.2 Å². The molecular formula is C11H12BrNO. The maximum absolute atomic E-state index is 10.4. The molecule has 1 atom stereocenters. The van der Waals surface area contributed by atoms with Gasteiger partial charge in [-0.1, -0.05) is 22.0 Å². The van der Waals surface area contributed by atoms with E-state index in [-0.39, 0.29) is 6.04 Å². The fourth-order valence-corrected chi connectivity index (χ4v) is 2.45. The fraction of sp³-hybridized carbons (Fsp3) is 0.364. The Morgan fingerprint density at radius 3 is 3.14 bits per heavy atom. The maximum Gasteiger partial charge on any atom is 0.207 e. The summed E-state index contributed by atoms with van der Waals surface area (Å²) in [6.07, 6.45) is 4.11. The minimum atomic E-state index is 0.212. The molecule has 0 fully saturated rings. The molecule has 1 aromatic rings. The van der Waals surface area contributed by atoms with Crippen molar-refractivity contribution in [1.82, 2.24) is 5.32 Å². The molecule has 0 heterocycles. The van der Waals surface area contributed by atoms with Gasteiger partial charge in [0, 0.05) is 4.47 Å². The number of amides is 1. The number of benzene rings is 1. The van der Waals surface area contributed by atoms with Gasteiger partial charge in [0.2, 0.25) is 6.41 Å². The van der Waals surface area contributed by atoms with E-state index in [0.717, 1.165) is 30.1 Å². The Morgan fingerprint density at radius 1 is 1.50 bits per heavy atom. The SMILES string of the molecule is O=CNC1CCCc2cc(Br)ccc21. The first-order chi connectivity index (χ1) is 6.81. The van der Waals surface area contributed by atoms with Crippen LogP contribution in [0.25, 0.3) is 0 Å². The van der Waals surface area contributed by atoms with Crippen molar-refractivity contribution in [2.75, 3.05) is 0 Å². The zero-order chi connectivity index (χ0) is 9.97. The lowest BCUT2D eigenvalue weighted by molar-refractivity contribution is -0.110. The standard InChI is InChI=1S/C11H12BrNO/c12-9-4-5-10-8(6-9)2-1-3-11(10)13-7-14/h4-7,11H,1-3H2,(H,13,14). The van der Waals surface area contributed by atoms with Crippen molar-refractivity contribution in [3.8, 4) is 0 Å². The van der Waals surface area contributed by atoms with Crippen LogP contribution in [0.5, 0.6) is 0 Å². The minimum Gasteiger partial charge on any atom is -0.352 e. The number of aryl methyl sites for hydroxylation is 1. The lowest BCUT2D eigenvalue weighted by atomic mass is 9.88. The van der Waals surface area contributed by atoms with Crippen LogP contribution in [0.3, 0.4) is 0 Å². The van der Waals surface area contributed by atoms with Gasteiger partial charge in [-0.05, 0) is 42.5 Å². The van der Waals surface area contributed by atoms with E-state index in [4.69, 9.17) is 0 Å². The molecule has 1 aliphatic rings. The third-order valence-corrected chi connectivity index (χ3v) is 3.18. The summed E-state index contributed by atoms with van der Waals surface area (Å²) in [5.74, 6) is 0. The van der Waals surface area contributed by atoms with E-state index in [2.05, 4.69) is 33.4 Å². The lowest BCUT2D eigenvalue weighted by Gasteiger charge is -2.24. The van der Waals surface area contributed by atoms with Crippen molar-refractivity contribution in [1.29, 1.82) is 0 Å². The molecule has 1 amide bonds. The molecule has 2 rings (SSSR count). The van der Waals surface area contributed by atoms with Crippen LogP contribution in [0, 0.1) is 0 Å². The number of hydrogen-bond donors (Lipinski definition) is 1. The predicted octanol–water partition coefficient (Wildman–Crippen LogP) is 2.57. The van der Waals surface area contributed by atoms with Gasteiger partial charge in [-0.15, -0.1) is 0 Å². The fourth-order valence-electron chi connectivity index (χ4n) is 2.04. The second kappa shape index (κ2) is 4.13. The van der Waals surface area contributed by atoms with Crippen LogP contribution >= 0.6 is 15.9 Å². The van der Waals surface area contributed by atoms with Crippen LogP contribution in [0.2, 0.25) is 0 Å². The Balaban J connectivity index is 2.34. The third-order valence-electron chi connectivity index (χ3n) is 2.69. The molecule has 74 valence electrons. The van der Waals surface area contributed by atoms with Crippen LogP contribution < -0.4 is 5.32 Å². The molecule has 0 aliphatic heterocycles. The second-order valence-corrected chi connectivity index (χ2v) is 4.49. The Bertz CT molecular complexity index is 351. The predicted molar refractivity (Wildman–Crippen MR) is 59.0 cm³/mol. The first-order valence-corrected chi connectivity index (χ1v) is 5.58. The number of halogens is 1. The number of carbonyl (C=O) groups excluding carboxylic acids is 1. The number of hydrogen-bond acceptors (Lipinski definition) is 1. The van der Waals surface area contributed by atoms with Gasteiger partial charge < -0.3 is 5.32 Å². The van der Waals surface area contributed by atoms with Crippen molar-refractivity contribution in [2.45, 2.75) is 25.3 Å². The summed E-state index contributed by atoms with van der Waals surface area (Å²) < 4.78 is 1.11. The molecule has 1 aromatic carbocycles. The Morgan fingerprint density at radius 2 is 2.36 bits per heavy atom. The van der Waals surface area contributed by atoms with Gasteiger partial charge in [0.1, 0.15) is 0 Å². The molecule has 14 heavy (non-hydrogen) atoms. The number of fused-ring (bicyclic) bond motifs is 1. The highest BCUT2D eigenvalue weighted by atomic mass is 79.9. The summed E-state index contributed by atoms with van der Waals surface area (Å²) in [4.78, 5) is 10.4. The molecule has 0 bridgehead atoms. The average Bonchev–Trinajstić information content (AvgIpc) is 2.18. The van der Waals surface area contributed by atoms with Crippen molar-refractivity contribution < 1.29 is 4.79 Å². The smallest absolute Gasteiger partial charge is 0.207 e. The van der Waals surface area contributed by atoms with Gasteiger partial charge in [0.05, 0.1) is 6.04 Å². The van der Waals surface area contributed by atoms with E-state index in [0.29, 0.717) is 0 Å². The van der Waals surface area contributed by atoms with Crippen molar-refractivity contribution in [3.63, 3.8) is 0 Å². The largest absolute Gasteiger partial charge is 0.352 e. The van der Waals surface area contributed by atoms with Crippen LogP contribution in [0.1, 0.15) is 30.0 Å². The Hall–Kier alpha value is -0.830. The third kappa shape index (κ3) is 1.82. The van der Waals surface area contributed by atoms with Gasteiger partial charge in [0.25, 0.3) is 0 Å². The van der Waals surface area contributed by atoms with Crippen LogP contribution in [0.15, 0.2) is 22.7 Å². The zero-order valence-corrected chi connectivity index (χ0v) is 9.38. The summed E-state index contributed by atoms with van der Waals surface area (Å²) in [6.45, 7) is 0. The summed E-state index contributed by atoms with van der Waals surface area (Å²) >= 11 is 3.46. The van der Waals surface area contributed by atoms with E-state index in [1.807, 2.05) is 6.07 Å². The first kappa shape index (κ1) is 9.71. The first-order valence-electron chi connectivity index (χ1n) is 4.79. The molecule has 0 saturated carbocycles. The Kier molecular flexibility index (Phi) is 2.87. The van der Waals surface area contributed by atoms with Crippen LogP contribution in [-0.4, -0.2) is 6.41 Å². The van der Waals surface area contributed by atoms with E-state index < -0.39 is 0 Å². The molecule has 0 saturated heterocycles. The summed E-state index contributed by atoms with van der Waals surface area (Å²) in [5.41, 5.74) is 2.62. The molecule has 1 aliphatic carbocycles. The van der Waals surface area contributed by atoms with E-state index >= 15 is 0 Å². The van der Waals surface area contributed by atoms with E-state index in [1.165, 1.54) is 11.1 Å². The summed E-state index contributed by atoms with van der Waals surface area (Å²) in [7, 11) is 0. The summed E-state index contributed by atoms with van der Waals surface area (Å²) in [6, 6.07) is 6.49. The van der Waals surface area contributed by atoms with Gasteiger partial charge in [-0.2, -0.15) is 0 Å². The van der Waals surface area contributed by atoms with Crippen molar-refractivity contribution in [2.24, 2.45) is 0 Å². The quantitative estimate of drug-likeness (QED) is 0.807.